The van der Waals surface area contributed by atoms with Gasteiger partial charge in [0.15, 0.2) is 0 Å². The maximum Gasteiger partial charge on any atom is 0.321 e. The van der Waals surface area contributed by atoms with Gasteiger partial charge in [0.1, 0.15) is 0 Å². The predicted molar refractivity (Wildman–Crippen MR) is 95.6 cm³/mol. The maximum atomic E-state index is 12.4. The number of benzene rings is 1. The lowest BCUT2D eigenvalue weighted by atomic mass is 10.1. The average Bonchev–Trinajstić information content (AvgIpc) is 3.30. The second-order valence-corrected chi connectivity index (χ2v) is 7.03. The minimum absolute atomic E-state index is 0.0943. The van der Waals surface area contributed by atoms with E-state index in [-0.39, 0.29) is 11.9 Å². The fraction of sp³-hybridized carbons (Fsp3) is 0.556. The van der Waals surface area contributed by atoms with Crippen LogP contribution in [0, 0.1) is 0 Å². The summed E-state index contributed by atoms with van der Waals surface area (Å²) in [5.74, 6) is -0.149. The second kappa shape index (κ2) is 7.88. The number of halogens is 1. The number of nitrogens with one attached hydrogen (secondary N) is 2. The molecule has 0 atom stereocenters. The SMILES string of the molecule is O=C(NC1CC1)c1ccc(NC(=O)N2CCCCCCC2)cc1Cl. The Bertz CT molecular complexity index is 608. The van der Waals surface area contributed by atoms with Crippen molar-refractivity contribution in [1.82, 2.24) is 10.2 Å². The van der Waals surface area contributed by atoms with Gasteiger partial charge in [0.25, 0.3) is 5.91 Å². The van der Waals surface area contributed by atoms with E-state index < -0.39 is 0 Å². The molecule has 0 spiro atoms. The highest BCUT2D eigenvalue weighted by molar-refractivity contribution is 6.34. The van der Waals surface area contributed by atoms with Crippen LogP contribution in [0.3, 0.4) is 0 Å². The Kier molecular flexibility index (Phi) is 5.61. The summed E-state index contributed by atoms with van der Waals surface area (Å²) < 4.78 is 0. The van der Waals surface area contributed by atoms with E-state index in [1.807, 2.05) is 4.90 Å². The van der Waals surface area contributed by atoms with Crippen molar-refractivity contribution < 1.29 is 9.59 Å². The molecule has 1 aromatic carbocycles. The quantitative estimate of drug-likeness (QED) is 0.865. The van der Waals surface area contributed by atoms with E-state index in [9.17, 15) is 9.59 Å². The number of amides is 3. The van der Waals surface area contributed by atoms with Crippen LogP contribution < -0.4 is 10.6 Å². The number of carbonyl (C=O) groups excluding carboxylic acids is 2. The van der Waals surface area contributed by atoms with Crippen molar-refractivity contribution in [2.24, 2.45) is 0 Å². The Morgan fingerprint density at radius 3 is 2.33 bits per heavy atom. The molecule has 1 aliphatic heterocycles. The number of urea groups is 1. The number of likely N-dealkylation sites (tertiary alicyclic amines) is 1. The minimum Gasteiger partial charge on any atom is -0.349 e. The van der Waals surface area contributed by atoms with Crippen LogP contribution in [0.4, 0.5) is 10.5 Å². The Labute approximate surface area is 147 Å². The van der Waals surface area contributed by atoms with Gasteiger partial charge in [0.2, 0.25) is 0 Å². The molecule has 130 valence electrons. The lowest BCUT2D eigenvalue weighted by Gasteiger charge is -2.25. The zero-order chi connectivity index (χ0) is 16.9. The van der Waals surface area contributed by atoms with Crippen LogP contribution in [0.15, 0.2) is 18.2 Å². The normalized spacial score (nSPS) is 18.5. The molecule has 3 amide bonds. The van der Waals surface area contributed by atoms with Crippen LogP contribution >= 0.6 is 11.6 Å². The zero-order valence-electron chi connectivity index (χ0n) is 13.8. The van der Waals surface area contributed by atoms with Crippen molar-refractivity contribution in [3.05, 3.63) is 28.8 Å². The molecular weight excluding hydrogens is 326 g/mol. The van der Waals surface area contributed by atoms with E-state index in [0.29, 0.717) is 22.3 Å². The van der Waals surface area contributed by atoms with Gasteiger partial charge in [-0.25, -0.2) is 4.79 Å². The van der Waals surface area contributed by atoms with Crippen LogP contribution in [0.1, 0.15) is 55.3 Å². The molecule has 3 rings (SSSR count). The van der Waals surface area contributed by atoms with Gasteiger partial charge in [0.05, 0.1) is 10.6 Å². The summed E-state index contributed by atoms with van der Waals surface area (Å²) in [5.41, 5.74) is 1.07. The number of hydrogen-bond donors (Lipinski definition) is 2. The number of anilines is 1. The highest BCUT2D eigenvalue weighted by atomic mass is 35.5. The van der Waals surface area contributed by atoms with Crippen molar-refractivity contribution in [1.29, 1.82) is 0 Å². The third-order valence-electron chi connectivity index (χ3n) is 4.52. The summed E-state index contributed by atoms with van der Waals surface area (Å²) in [7, 11) is 0. The fourth-order valence-electron chi connectivity index (χ4n) is 2.92. The van der Waals surface area contributed by atoms with Crippen molar-refractivity contribution in [3.63, 3.8) is 0 Å². The third-order valence-corrected chi connectivity index (χ3v) is 4.83. The number of rotatable bonds is 3. The van der Waals surface area contributed by atoms with Crippen molar-refractivity contribution in [3.8, 4) is 0 Å². The average molecular weight is 350 g/mol. The highest BCUT2D eigenvalue weighted by Crippen LogP contribution is 2.24. The standard InChI is InChI=1S/C18H24ClN3O2/c19-16-12-14(8-9-15(16)17(23)20-13-6-7-13)21-18(24)22-10-4-2-1-3-5-11-22/h8-9,12-13H,1-7,10-11H2,(H,20,23)(H,21,24). The minimum atomic E-state index is -0.149. The largest absolute Gasteiger partial charge is 0.349 e. The third kappa shape index (κ3) is 4.63. The van der Waals surface area contributed by atoms with E-state index in [0.717, 1.165) is 38.8 Å². The molecule has 0 radical (unpaired) electrons. The molecule has 0 bridgehead atoms. The van der Waals surface area contributed by atoms with Crippen molar-refractivity contribution in [2.45, 2.75) is 51.0 Å². The van der Waals surface area contributed by atoms with Gasteiger partial charge >= 0.3 is 6.03 Å². The molecule has 1 saturated heterocycles. The van der Waals surface area contributed by atoms with Gasteiger partial charge in [-0.2, -0.15) is 0 Å². The second-order valence-electron chi connectivity index (χ2n) is 6.63. The number of hydrogen-bond acceptors (Lipinski definition) is 2. The molecule has 1 heterocycles. The molecule has 1 aliphatic carbocycles. The monoisotopic (exact) mass is 349 g/mol. The summed E-state index contributed by atoms with van der Waals surface area (Å²) in [6.07, 6.45) is 7.79. The van der Waals surface area contributed by atoms with Crippen LogP contribution in [0.25, 0.3) is 0 Å². The molecular formula is C18H24ClN3O2. The number of carbonyl (C=O) groups is 2. The molecule has 5 nitrogen and oxygen atoms in total. The topological polar surface area (TPSA) is 61.4 Å². The highest BCUT2D eigenvalue weighted by Gasteiger charge is 2.24. The first kappa shape index (κ1) is 17.1. The van der Waals surface area contributed by atoms with Crippen LogP contribution in [0.5, 0.6) is 0 Å². The summed E-state index contributed by atoms with van der Waals surface area (Å²) in [5, 5.41) is 6.17. The molecule has 1 saturated carbocycles. The summed E-state index contributed by atoms with van der Waals surface area (Å²) in [6, 6.07) is 5.24. The van der Waals surface area contributed by atoms with Gasteiger partial charge in [-0.3, -0.25) is 4.79 Å². The van der Waals surface area contributed by atoms with Gasteiger partial charge < -0.3 is 15.5 Å². The summed E-state index contributed by atoms with van der Waals surface area (Å²) >= 11 is 6.22. The van der Waals surface area contributed by atoms with E-state index in [2.05, 4.69) is 10.6 Å². The van der Waals surface area contributed by atoms with Crippen LogP contribution in [-0.4, -0.2) is 36.0 Å². The lowest BCUT2D eigenvalue weighted by Crippen LogP contribution is -2.37. The van der Waals surface area contributed by atoms with Gasteiger partial charge in [-0.1, -0.05) is 30.9 Å². The maximum absolute atomic E-state index is 12.4. The van der Waals surface area contributed by atoms with Gasteiger partial charge in [-0.05, 0) is 43.9 Å². The van der Waals surface area contributed by atoms with Crippen LogP contribution in [0.2, 0.25) is 5.02 Å². The molecule has 6 heteroatoms. The smallest absolute Gasteiger partial charge is 0.321 e. The fourth-order valence-corrected chi connectivity index (χ4v) is 3.19. The molecule has 24 heavy (non-hydrogen) atoms. The van der Waals surface area contributed by atoms with E-state index >= 15 is 0 Å². The molecule has 0 aromatic heterocycles. The Balaban J connectivity index is 1.60. The number of nitrogens with zero attached hydrogens (tertiary/aromatic N) is 1. The molecule has 0 unspecified atom stereocenters. The summed E-state index contributed by atoms with van der Waals surface area (Å²) in [4.78, 5) is 26.3. The lowest BCUT2D eigenvalue weighted by molar-refractivity contribution is 0.0951. The van der Waals surface area contributed by atoms with Gasteiger partial charge in [0, 0.05) is 24.8 Å². The molecule has 1 aromatic rings. The van der Waals surface area contributed by atoms with E-state index in [1.165, 1.54) is 19.3 Å². The van der Waals surface area contributed by atoms with E-state index in [1.54, 1.807) is 18.2 Å². The summed E-state index contributed by atoms with van der Waals surface area (Å²) in [6.45, 7) is 1.59. The van der Waals surface area contributed by atoms with Gasteiger partial charge in [-0.15, -0.1) is 0 Å². The molecule has 2 N–H and O–H groups in total. The van der Waals surface area contributed by atoms with E-state index in [4.69, 9.17) is 11.6 Å². The Morgan fingerprint density at radius 2 is 1.71 bits per heavy atom. The Morgan fingerprint density at radius 1 is 1.04 bits per heavy atom. The first-order valence-electron chi connectivity index (χ1n) is 8.80. The zero-order valence-corrected chi connectivity index (χ0v) is 14.6. The predicted octanol–water partition coefficient (Wildman–Crippen LogP) is 4.03. The van der Waals surface area contributed by atoms with Crippen molar-refractivity contribution in [2.75, 3.05) is 18.4 Å². The first-order valence-corrected chi connectivity index (χ1v) is 9.17. The Hall–Kier alpha value is -1.75. The molecule has 2 aliphatic rings. The van der Waals surface area contributed by atoms with Crippen molar-refractivity contribution >= 4 is 29.2 Å². The first-order chi connectivity index (χ1) is 11.6. The molecule has 2 fully saturated rings. The van der Waals surface area contributed by atoms with Crippen LogP contribution in [-0.2, 0) is 0 Å².